The Labute approximate surface area is 69.0 Å². The molecule has 0 saturated carbocycles. The molecule has 0 unspecified atom stereocenters. The van der Waals surface area contributed by atoms with Crippen molar-refractivity contribution in [1.29, 1.82) is 0 Å². The van der Waals surface area contributed by atoms with Gasteiger partial charge in [-0.25, -0.2) is 8.78 Å². The predicted molar refractivity (Wildman–Crippen MR) is 39.8 cm³/mol. The number of rotatable bonds is 1. The van der Waals surface area contributed by atoms with Crippen LogP contribution in [0.2, 0.25) is 0 Å². The maximum absolute atomic E-state index is 13.1. The SMILES string of the molecule is Cc1cc(F)c([C@H]2CO2)c(F)c1. The lowest BCUT2D eigenvalue weighted by atomic mass is 10.1. The van der Waals surface area contributed by atoms with E-state index in [0.29, 0.717) is 12.2 Å². The molecule has 0 N–H and O–H groups in total. The Hall–Kier alpha value is -0.960. The van der Waals surface area contributed by atoms with Gasteiger partial charge < -0.3 is 4.74 Å². The summed E-state index contributed by atoms with van der Waals surface area (Å²) in [6, 6.07) is 2.64. The largest absolute Gasteiger partial charge is 0.368 e. The van der Waals surface area contributed by atoms with E-state index in [1.165, 1.54) is 12.1 Å². The van der Waals surface area contributed by atoms with E-state index < -0.39 is 11.6 Å². The Bertz CT molecular complexity index is 295. The summed E-state index contributed by atoms with van der Waals surface area (Å²) < 4.78 is 31.0. The summed E-state index contributed by atoms with van der Waals surface area (Å²) in [5.41, 5.74) is 0.662. The van der Waals surface area contributed by atoms with Crippen molar-refractivity contribution in [3.8, 4) is 0 Å². The molecule has 1 aliphatic rings. The van der Waals surface area contributed by atoms with Gasteiger partial charge in [0.25, 0.3) is 0 Å². The topological polar surface area (TPSA) is 12.5 Å². The van der Waals surface area contributed by atoms with E-state index in [2.05, 4.69) is 0 Å². The Morgan fingerprint density at radius 3 is 2.25 bits per heavy atom. The van der Waals surface area contributed by atoms with Gasteiger partial charge in [-0.3, -0.25) is 0 Å². The van der Waals surface area contributed by atoms with E-state index in [9.17, 15) is 8.78 Å². The zero-order chi connectivity index (χ0) is 8.72. The molecule has 12 heavy (non-hydrogen) atoms. The van der Waals surface area contributed by atoms with Crippen LogP contribution < -0.4 is 0 Å². The summed E-state index contributed by atoms with van der Waals surface area (Å²) in [4.78, 5) is 0. The third-order valence-corrected chi connectivity index (χ3v) is 1.88. The zero-order valence-corrected chi connectivity index (χ0v) is 6.60. The quantitative estimate of drug-likeness (QED) is 0.589. The van der Waals surface area contributed by atoms with Gasteiger partial charge in [-0.1, -0.05) is 0 Å². The van der Waals surface area contributed by atoms with Crippen molar-refractivity contribution in [1.82, 2.24) is 0 Å². The van der Waals surface area contributed by atoms with E-state index in [-0.39, 0.29) is 11.7 Å². The monoisotopic (exact) mass is 170 g/mol. The van der Waals surface area contributed by atoms with Gasteiger partial charge in [-0.15, -0.1) is 0 Å². The number of halogens is 2. The molecule has 0 amide bonds. The van der Waals surface area contributed by atoms with Gasteiger partial charge in [0.15, 0.2) is 0 Å². The first-order valence-electron chi connectivity index (χ1n) is 3.75. The van der Waals surface area contributed by atoms with Gasteiger partial charge in [0.2, 0.25) is 0 Å². The maximum atomic E-state index is 13.1. The molecule has 1 saturated heterocycles. The molecule has 0 spiro atoms. The molecule has 0 aliphatic carbocycles. The van der Waals surface area contributed by atoms with E-state index in [1.54, 1.807) is 6.92 Å². The van der Waals surface area contributed by atoms with E-state index in [1.807, 2.05) is 0 Å². The highest BCUT2D eigenvalue weighted by Gasteiger charge is 2.31. The second-order valence-electron chi connectivity index (χ2n) is 2.96. The molecule has 1 aromatic rings. The molecule has 2 rings (SSSR count). The van der Waals surface area contributed by atoms with Crippen LogP contribution in [-0.4, -0.2) is 6.61 Å². The first-order chi connectivity index (χ1) is 5.68. The van der Waals surface area contributed by atoms with Crippen molar-refractivity contribution in [3.63, 3.8) is 0 Å². The Balaban J connectivity index is 2.51. The second kappa shape index (κ2) is 2.52. The van der Waals surface area contributed by atoms with E-state index in [0.717, 1.165) is 0 Å². The van der Waals surface area contributed by atoms with Crippen molar-refractivity contribution in [2.24, 2.45) is 0 Å². The van der Waals surface area contributed by atoms with Crippen molar-refractivity contribution in [2.45, 2.75) is 13.0 Å². The predicted octanol–water partition coefficient (Wildman–Crippen LogP) is 2.34. The summed E-state index contributed by atoms with van der Waals surface area (Å²) in [5, 5.41) is 0. The van der Waals surface area contributed by atoms with E-state index >= 15 is 0 Å². The number of hydrogen-bond acceptors (Lipinski definition) is 1. The minimum Gasteiger partial charge on any atom is -0.368 e. The molecule has 1 atom stereocenters. The summed E-state index contributed by atoms with van der Waals surface area (Å²) in [6.45, 7) is 2.08. The van der Waals surface area contributed by atoms with E-state index in [4.69, 9.17) is 4.74 Å². The summed E-state index contributed by atoms with van der Waals surface area (Å²) >= 11 is 0. The number of hydrogen-bond donors (Lipinski definition) is 0. The third-order valence-electron chi connectivity index (χ3n) is 1.88. The van der Waals surface area contributed by atoms with Crippen LogP contribution in [0.3, 0.4) is 0 Å². The van der Waals surface area contributed by atoms with Crippen LogP contribution in [-0.2, 0) is 4.74 Å². The minimum absolute atomic E-state index is 0.0700. The highest BCUT2D eigenvalue weighted by molar-refractivity contribution is 5.28. The third kappa shape index (κ3) is 1.20. The van der Waals surface area contributed by atoms with Gasteiger partial charge in [0.05, 0.1) is 12.2 Å². The normalized spacial score (nSPS) is 21.1. The van der Waals surface area contributed by atoms with Crippen LogP contribution in [0.25, 0.3) is 0 Å². The lowest BCUT2D eigenvalue weighted by Crippen LogP contribution is -1.94. The Kier molecular flexibility index (Phi) is 1.61. The van der Waals surface area contributed by atoms with Gasteiger partial charge in [-0.2, -0.15) is 0 Å². The van der Waals surface area contributed by atoms with Crippen LogP contribution in [0.1, 0.15) is 17.2 Å². The molecular weight excluding hydrogens is 162 g/mol. The van der Waals surface area contributed by atoms with Crippen molar-refractivity contribution >= 4 is 0 Å². The fourth-order valence-corrected chi connectivity index (χ4v) is 1.23. The maximum Gasteiger partial charge on any atom is 0.132 e. The van der Waals surface area contributed by atoms with Crippen LogP contribution in [0, 0.1) is 18.6 Å². The molecule has 0 aromatic heterocycles. The summed E-state index contributed by atoms with van der Waals surface area (Å²) in [6.07, 6.45) is -0.356. The van der Waals surface area contributed by atoms with Crippen LogP contribution in [0.5, 0.6) is 0 Å². The van der Waals surface area contributed by atoms with Gasteiger partial charge >= 0.3 is 0 Å². The smallest absolute Gasteiger partial charge is 0.132 e. The average Bonchev–Trinajstić information content (AvgIpc) is 2.68. The molecule has 1 aromatic carbocycles. The minimum atomic E-state index is -0.505. The second-order valence-corrected chi connectivity index (χ2v) is 2.96. The van der Waals surface area contributed by atoms with Crippen LogP contribution >= 0.6 is 0 Å². The molecular formula is C9H8F2O. The first-order valence-corrected chi connectivity index (χ1v) is 3.75. The number of epoxide rings is 1. The van der Waals surface area contributed by atoms with Crippen LogP contribution in [0.15, 0.2) is 12.1 Å². The standard InChI is InChI=1S/C9H8F2O/c1-5-2-6(10)9(7(11)3-5)8-4-12-8/h2-3,8H,4H2,1H3/t8-/m1/s1. The number of benzene rings is 1. The summed E-state index contributed by atoms with van der Waals surface area (Å²) in [5.74, 6) is -1.01. The zero-order valence-electron chi connectivity index (χ0n) is 6.60. The lowest BCUT2D eigenvalue weighted by molar-refractivity contribution is 0.397. The van der Waals surface area contributed by atoms with Gasteiger partial charge in [0, 0.05) is 0 Å². The fourth-order valence-electron chi connectivity index (χ4n) is 1.23. The van der Waals surface area contributed by atoms with Gasteiger partial charge in [-0.05, 0) is 24.6 Å². The first kappa shape index (κ1) is 7.68. The summed E-state index contributed by atoms with van der Waals surface area (Å²) in [7, 11) is 0. The van der Waals surface area contributed by atoms with Crippen molar-refractivity contribution in [2.75, 3.05) is 6.61 Å². The molecule has 1 nitrogen and oxygen atoms in total. The molecule has 1 fully saturated rings. The molecule has 1 heterocycles. The molecule has 1 aliphatic heterocycles. The number of ether oxygens (including phenoxy) is 1. The van der Waals surface area contributed by atoms with Gasteiger partial charge in [0.1, 0.15) is 17.7 Å². The van der Waals surface area contributed by atoms with Crippen LogP contribution in [0.4, 0.5) is 8.78 Å². The van der Waals surface area contributed by atoms with Crippen molar-refractivity contribution < 1.29 is 13.5 Å². The fraction of sp³-hybridized carbons (Fsp3) is 0.333. The lowest BCUT2D eigenvalue weighted by Gasteiger charge is -2.01. The van der Waals surface area contributed by atoms with Crippen molar-refractivity contribution in [3.05, 3.63) is 34.9 Å². The molecule has 64 valence electrons. The highest BCUT2D eigenvalue weighted by Crippen LogP contribution is 2.33. The Morgan fingerprint density at radius 1 is 1.33 bits per heavy atom. The molecule has 0 bridgehead atoms. The molecule has 3 heteroatoms. The Morgan fingerprint density at radius 2 is 1.83 bits per heavy atom. The average molecular weight is 170 g/mol. The molecule has 0 radical (unpaired) electrons. The highest BCUT2D eigenvalue weighted by atomic mass is 19.1. The number of aryl methyl sites for hydroxylation is 1.